The molecule has 0 heterocycles. The van der Waals surface area contributed by atoms with E-state index >= 15 is 0 Å². The Morgan fingerprint density at radius 1 is 1.31 bits per heavy atom. The predicted octanol–water partition coefficient (Wildman–Crippen LogP) is 2.08. The highest BCUT2D eigenvalue weighted by Crippen LogP contribution is 1.99. The fraction of sp³-hybridized carbons (Fsp3) is 0.900. The normalized spacial score (nSPS) is 10.7. The Morgan fingerprint density at radius 2 is 1.85 bits per heavy atom. The van der Waals surface area contributed by atoms with Gasteiger partial charge < -0.3 is 10.2 Å². The zero-order valence-electron chi connectivity index (χ0n) is 9.42. The number of hydrogen-bond acceptors (Lipinski definition) is 1. The first-order valence-corrected chi connectivity index (χ1v) is 5.02. The quantitative estimate of drug-likeness (QED) is 0.716. The minimum Gasteiger partial charge on any atom is -0.336 e. The second-order valence-electron chi connectivity index (χ2n) is 4.04. The largest absolute Gasteiger partial charge is 0.336 e. The Balaban J connectivity index is 3.99. The van der Waals surface area contributed by atoms with Crippen LogP contribution in [0.2, 0.25) is 0 Å². The van der Waals surface area contributed by atoms with Gasteiger partial charge in [0.05, 0.1) is 0 Å². The van der Waals surface area contributed by atoms with E-state index in [1.807, 2.05) is 25.7 Å². The van der Waals surface area contributed by atoms with Gasteiger partial charge in [-0.05, 0) is 26.7 Å². The average molecular weight is 186 g/mol. The summed E-state index contributed by atoms with van der Waals surface area (Å²) in [6.45, 7) is 11.8. The van der Waals surface area contributed by atoms with Gasteiger partial charge in [-0.2, -0.15) is 0 Å². The van der Waals surface area contributed by atoms with Gasteiger partial charge in [0, 0.05) is 19.1 Å². The Morgan fingerprint density at radius 3 is 2.15 bits per heavy atom. The summed E-state index contributed by atoms with van der Waals surface area (Å²) in [6.07, 6.45) is 0. The SMILES string of the molecule is CCN(CC(C)C)C(=O)NC(C)C. The molecule has 0 aromatic rings. The van der Waals surface area contributed by atoms with Crippen LogP contribution in [0, 0.1) is 5.92 Å². The van der Waals surface area contributed by atoms with Gasteiger partial charge in [0.25, 0.3) is 0 Å². The second kappa shape index (κ2) is 5.84. The fourth-order valence-corrected chi connectivity index (χ4v) is 1.13. The molecule has 0 aromatic carbocycles. The van der Waals surface area contributed by atoms with Crippen LogP contribution >= 0.6 is 0 Å². The molecule has 0 saturated carbocycles. The predicted molar refractivity (Wildman–Crippen MR) is 55.8 cm³/mol. The van der Waals surface area contributed by atoms with Crippen LogP contribution in [0.15, 0.2) is 0 Å². The minimum absolute atomic E-state index is 0.0474. The number of urea groups is 1. The number of nitrogens with one attached hydrogen (secondary N) is 1. The smallest absolute Gasteiger partial charge is 0.317 e. The molecule has 0 atom stereocenters. The summed E-state index contributed by atoms with van der Waals surface area (Å²) in [6, 6.07) is 0.264. The lowest BCUT2D eigenvalue weighted by Gasteiger charge is -2.24. The van der Waals surface area contributed by atoms with Gasteiger partial charge in [0.15, 0.2) is 0 Å². The van der Waals surface area contributed by atoms with Gasteiger partial charge in [0.2, 0.25) is 0 Å². The van der Waals surface area contributed by atoms with E-state index in [1.165, 1.54) is 0 Å². The van der Waals surface area contributed by atoms with Crippen LogP contribution in [0.5, 0.6) is 0 Å². The zero-order chi connectivity index (χ0) is 10.4. The minimum atomic E-state index is 0.0474. The molecule has 0 radical (unpaired) electrons. The van der Waals surface area contributed by atoms with E-state index in [-0.39, 0.29) is 12.1 Å². The van der Waals surface area contributed by atoms with Crippen molar-refractivity contribution in [2.45, 2.75) is 40.7 Å². The third-order valence-corrected chi connectivity index (χ3v) is 1.67. The number of carbonyl (C=O) groups excluding carboxylic acids is 1. The molecular weight excluding hydrogens is 164 g/mol. The molecule has 0 spiro atoms. The van der Waals surface area contributed by atoms with Crippen LogP contribution in [-0.2, 0) is 0 Å². The number of nitrogens with zero attached hydrogens (tertiary/aromatic N) is 1. The topological polar surface area (TPSA) is 32.3 Å². The standard InChI is InChI=1S/C10H22N2O/c1-6-12(7-8(2)3)10(13)11-9(4)5/h8-9H,6-7H2,1-5H3,(H,11,13). The third kappa shape index (κ3) is 5.50. The van der Waals surface area contributed by atoms with Crippen LogP contribution in [-0.4, -0.2) is 30.1 Å². The highest BCUT2D eigenvalue weighted by Gasteiger charge is 2.12. The van der Waals surface area contributed by atoms with Crippen LogP contribution in [0.25, 0.3) is 0 Å². The van der Waals surface area contributed by atoms with Gasteiger partial charge >= 0.3 is 6.03 Å². The van der Waals surface area contributed by atoms with E-state index < -0.39 is 0 Å². The highest BCUT2D eigenvalue weighted by molar-refractivity contribution is 5.74. The summed E-state index contributed by atoms with van der Waals surface area (Å²) in [4.78, 5) is 13.4. The Bertz CT molecular complexity index is 155. The molecule has 3 nitrogen and oxygen atoms in total. The van der Waals surface area contributed by atoms with E-state index in [0.717, 1.165) is 13.1 Å². The molecule has 0 aromatic heterocycles. The summed E-state index contributed by atoms with van der Waals surface area (Å²) in [5.41, 5.74) is 0. The van der Waals surface area contributed by atoms with Crippen molar-refractivity contribution in [2.24, 2.45) is 5.92 Å². The molecule has 2 amide bonds. The van der Waals surface area contributed by atoms with Crippen LogP contribution < -0.4 is 5.32 Å². The maximum Gasteiger partial charge on any atom is 0.317 e. The Hall–Kier alpha value is -0.730. The van der Waals surface area contributed by atoms with Gasteiger partial charge in [-0.15, -0.1) is 0 Å². The summed E-state index contributed by atoms with van der Waals surface area (Å²) in [5.74, 6) is 0.526. The number of carbonyl (C=O) groups is 1. The van der Waals surface area contributed by atoms with Crippen molar-refractivity contribution in [3.8, 4) is 0 Å². The molecule has 0 aliphatic rings. The van der Waals surface area contributed by atoms with Crippen molar-refractivity contribution in [2.75, 3.05) is 13.1 Å². The first-order valence-electron chi connectivity index (χ1n) is 5.02. The van der Waals surface area contributed by atoms with Gasteiger partial charge in [-0.25, -0.2) is 4.79 Å². The molecular formula is C10H22N2O. The van der Waals surface area contributed by atoms with Crippen LogP contribution in [0.1, 0.15) is 34.6 Å². The second-order valence-corrected chi connectivity index (χ2v) is 4.04. The van der Waals surface area contributed by atoms with Crippen LogP contribution in [0.3, 0.4) is 0 Å². The maximum absolute atomic E-state index is 11.5. The van der Waals surface area contributed by atoms with E-state index in [9.17, 15) is 4.79 Å². The Kier molecular flexibility index (Phi) is 5.51. The third-order valence-electron chi connectivity index (χ3n) is 1.67. The summed E-state index contributed by atoms with van der Waals surface area (Å²) < 4.78 is 0. The average Bonchev–Trinajstić information content (AvgIpc) is 1.98. The molecule has 3 heteroatoms. The molecule has 0 aliphatic carbocycles. The monoisotopic (exact) mass is 186 g/mol. The number of hydrogen-bond donors (Lipinski definition) is 1. The molecule has 0 bridgehead atoms. The summed E-state index contributed by atoms with van der Waals surface area (Å²) >= 11 is 0. The molecule has 0 fully saturated rings. The van der Waals surface area contributed by atoms with Crippen molar-refractivity contribution in [1.29, 1.82) is 0 Å². The molecule has 0 aliphatic heterocycles. The highest BCUT2D eigenvalue weighted by atomic mass is 16.2. The van der Waals surface area contributed by atoms with Crippen molar-refractivity contribution < 1.29 is 4.79 Å². The first-order chi connectivity index (χ1) is 5.97. The zero-order valence-corrected chi connectivity index (χ0v) is 9.42. The van der Waals surface area contributed by atoms with E-state index in [4.69, 9.17) is 0 Å². The summed E-state index contributed by atoms with van der Waals surface area (Å²) in [7, 11) is 0. The van der Waals surface area contributed by atoms with Crippen molar-refractivity contribution in [1.82, 2.24) is 10.2 Å². The number of amides is 2. The van der Waals surface area contributed by atoms with Crippen molar-refractivity contribution in [3.63, 3.8) is 0 Å². The first kappa shape index (κ1) is 12.3. The molecule has 0 saturated heterocycles. The number of rotatable bonds is 4. The summed E-state index contributed by atoms with van der Waals surface area (Å²) in [5, 5.41) is 2.89. The van der Waals surface area contributed by atoms with Crippen molar-refractivity contribution in [3.05, 3.63) is 0 Å². The lowest BCUT2D eigenvalue weighted by atomic mass is 10.2. The van der Waals surface area contributed by atoms with E-state index in [1.54, 1.807) is 0 Å². The van der Waals surface area contributed by atoms with E-state index in [2.05, 4.69) is 19.2 Å². The van der Waals surface area contributed by atoms with Crippen LogP contribution in [0.4, 0.5) is 4.79 Å². The van der Waals surface area contributed by atoms with Gasteiger partial charge in [-0.3, -0.25) is 0 Å². The Labute approximate surface area is 81.5 Å². The molecule has 1 N–H and O–H groups in total. The molecule has 0 rings (SSSR count). The fourth-order valence-electron chi connectivity index (χ4n) is 1.13. The molecule has 0 unspecified atom stereocenters. The lowest BCUT2D eigenvalue weighted by molar-refractivity contribution is 0.191. The molecule has 13 heavy (non-hydrogen) atoms. The maximum atomic E-state index is 11.5. The van der Waals surface area contributed by atoms with Gasteiger partial charge in [-0.1, -0.05) is 13.8 Å². The lowest BCUT2D eigenvalue weighted by Crippen LogP contribution is -2.44. The van der Waals surface area contributed by atoms with Gasteiger partial charge in [0.1, 0.15) is 0 Å². The van der Waals surface area contributed by atoms with E-state index in [0.29, 0.717) is 5.92 Å². The molecule has 78 valence electrons. The van der Waals surface area contributed by atoms with Crippen molar-refractivity contribution >= 4 is 6.03 Å².